The summed E-state index contributed by atoms with van der Waals surface area (Å²) in [4.78, 5) is 50.8. The summed E-state index contributed by atoms with van der Waals surface area (Å²) < 4.78 is 16.9. The molecule has 1 aliphatic carbocycles. The van der Waals surface area contributed by atoms with Crippen LogP contribution in [0, 0.1) is 0 Å². The standard InChI is InChI=1S/C25H31N3O8/c1-28(2)22(31)8-7-16-5-3-4-6-18(16)25(33)36-20-14-17(13-19-23(20)35-15-34-19)24(32)27-10-9-21(30)26-11-12-29/h3-8,13,19-20,23,29H,9-12,14-15H2,1-2H3,(H,26,30)(H,27,32)/t19-,20-,23-/m1/s1. The lowest BCUT2D eigenvalue weighted by Gasteiger charge is -2.30. The zero-order valence-electron chi connectivity index (χ0n) is 20.3. The fraction of sp³-hybridized carbons (Fsp3) is 0.440. The van der Waals surface area contributed by atoms with Crippen LogP contribution in [0.3, 0.4) is 0 Å². The van der Waals surface area contributed by atoms with Gasteiger partial charge < -0.3 is 34.9 Å². The molecular weight excluding hydrogens is 470 g/mol. The van der Waals surface area contributed by atoms with Gasteiger partial charge in [-0.05, 0) is 23.8 Å². The van der Waals surface area contributed by atoms with E-state index in [9.17, 15) is 19.2 Å². The van der Waals surface area contributed by atoms with Gasteiger partial charge in [-0.2, -0.15) is 0 Å². The van der Waals surface area contributed by atoms with Crippen LogP contribution in [0.2, 0.25) is 0 Å². The van der Waals surface area contributed by atoms with Crippen LogP contribution in [-0.2, 0) is 28.6 Å². The van der Waals surface area contributed by atoms with Crippen molar-refractivity contribution in [1.82, 2.24) is 15.5 Å². The predicted molar refractivity (Wildman–Crippen MR) is 128 cm³/mol. The maximum Gasteiger partial charge on any atom is 0.339 e. The number of aliphatic hydroxyl groups excluding tert-OH is 1. The van der Waals surface area contributed by atoms with E-state index in [4.69, 9.17) is 19.3 Å². The lowest BCUT2D eigenvalue weighted by atomic mass is 9.91. The van der Waals surface area contributed by atoms with Gasteiger partial charge in [0.05, 0.1) is 12.2 Å². The first-order chi connectivity index (χ1) is 17.3. The third-order valence-electron chi connectivity index (χ3n) is 5.65. The Morgan fingerprint density at radius 3 is 2.67 bits per heavy atom. The van der Waals surface area contributed by atoms with Crippen molar-refractivity contribution < 1.29 is 38.5 Å². The zero-order valence-corrected chi connectivity index (χ0v) is 20.3. The molecule has 0 radical (unpaired) electrons. The Balaban J connectivity index is 1.66. The number of carbonyl (C=O) groups excluding carboxylic acids is 4. The summed E-state index contributed by atoms with van der Waals surface area (Å²) in [6.45, 7) is 0.0987. The van der Waals surface area contributed by atoms with Gasteiger partial charge in [0.15, 0.2) is 0 Å². The van der Waals surface area contributed by atoms with Gasteiger partial charge in [-0.15, -0.1) is 0 Å². The monoisotopic (exact) mass is 501 g/mol. The summed E-state index contributed by atoms with van der Waals surface area (Å²) in [5.74, 6) is -1.53. The van der Waals surface area contributed by atoms with E-state index < -0.39 is 30.2 Å². The van der Waals surface area contributed by atoms with Crippen LogP contribution in [0.15, 0.2) is 42.0 Å². The first kappa shape index (κ1) is 27.1. The molecule has 3 atom stereocenters. The van der Waals surface area contributed by atoms with Crippen LogP contribution in [0.25, 0.3) is 6.08 Å². The SMILES string of the molecule is CN(C)C(=O)C=Cc1ccccc1C(=O)O[C@@H]1CC(C(=O)NCCC(=O)NCCO)=C[C@H]2OCO[C@H]21. The summed E-state index contributed by atoms with van der Waals surface area (Å²) in [7, 11) is 3.26. The first-order valence-corrected chi connectivity index (χ1v) is 11.6. The molecule has 0 aromatic heterocycles. The molecule has 1 saturated heterocycles. The molecule has 2 aliphatic rings. The molecule has 1 aromatic rings. The van der Waals surface area contributed by atoms with Crippen molar-refractivity contribution in [2.75, 3.05) is 40.6 Å². The minimum atomic E-state index is -0.774. The van der Waals surface area contributed by atoms with Crippen LogP contribution < -0.4 is 10.6 Å². The van der Waals surface area contributed by atoms with Gasteiger partial charge in [0.1, 0.15) is 25.1 Å². The second kappa shape index (κ2) is 13.0. The molecule has 11 heteroatoms. The number of benzene rings is 1. The Labute approximate surface area is 209 Å². The number of nitrogens with zero attached hydrogens (tertiary/aromatic N) is 1. The Morgan fingerprint density at radius 2 is 1.92 bits per heavy atom. The van der Waals surface area contributed by atoms with Crippen LogP contribution in [-0.4, -0.2) is 92.6 Å². The van der Waals surface area contributed by atoms with Gasteiger partial charge in [0.2, 0.25) is 17.7 Å². The van der Waals surface area contributed by atoms with Crippen molar-refractivity contribution in [3.05, 3.63) is 53.1 Å². The molecular formula is C25H31N3O8. The molecule has 3 rings (SSSR count). The number of carbonyl (C=O) groups is 4. The van der Waals surface area contributed by atoms with Crippen molar-refractivity contribution >= 4 is 29.8 Å². The maximum absolute atomic E-state index is 13.1. The highest BCUT2D eigenvalue weighted by atomic mass is 16.7. The molecule has 194 valence electrons. The second-order valence-corrected chi connectivity index (χ2v) is 8.45. The highest BCUT2D eigenvalue weighted by molar-refractivity contribution is 5.97. The molecule has 0 bridgehead atoms. The van der Waals surface area contributed by atoms with Gasteiger partial charge in [0.25, 0.3) is 0 Å². The molecule has 1 aromatic carbocycles. The minimum Gasteiger partial charge on any atom is -0.456 e. The van der Waals surface area contributed by atoms with Crippen LogP contribution in [0.1, 0.15) is 28.8 Å². The van der Waals surface area contributed by atoms with Crippen LogP contribution >= 0.6 is 0 Å². The van der Waals surface area contributed by atoms with Crippen LogP contribution in [0.4, 0.5) is 0 Å². The molecule has 0 spiro atoms. The van der Waals surface area contributed by atoms with Crippen molar-refractivity contribution in [3.8, 4) is 0 Å². The lowest BCUT2D eigenvalue weighted by molar-refractivity contribution is -0.124. The summed E-state index contributed by atoms with van der Waals surface area (Å²) >= 11 is 0. The number of ether oxygens (including phenoxy) is 3. The molecule has 11 nitrogen and oxygen atoms in total. The molecule has 1 fully saturated rings. The normalized spacial score (nSPS) is 20.9. The Kier molecular flexibility index (Phi) is 9.74. The summed E-state index contributed by atoms with van der Waals surface area (Å²) in [5.41, 5.74) is 1.15. The average molecular weight is 502 g/mol. The third kappa shape index (κ3) is 7.23. The number of fused-ring (bicyclic) bond motifs is 1. The maximum atomic E-state index is 13.1. The van der Waals surface area contributed by atoms with Gasteiger partial charge in [-0.1, -0.05) is 18.2 Å². The molecule has 1 aliphatic heterocycles. The molecule has 0 saturated carbocycles. The van der Waals surface area contributed by atoms with Crippen molar-refractivity contribution in [3.63, 3.8) is 0 Å². The Morgan fingerprint density at radius 1 is 1.14 bits per heavy atom. The van der Waals surface area contributed by atoms with Gasteiger partial charge in [0, 0.05) is 51.7 Å². The highest BCUT2D eigenvalue weighted by Crippen LogP contribution is 2.31. The number of hydrogen-bond donors (Lipinski definition) is 3. The van der Waals surface area contributed by atoms with E-state index in [2.05, 4.69) is 10.6 Å². The third-order valence-corrected chi connectivity index (χ3v) is 5.65. The van der Waals surface area contributed by atoms with E-state index in [1.165, 1.54) is 11.0 Å². The quantitative estimate of drug-likeness (QED) is 0.300. The van der Waals surface area contributed by atoms with Gasteiger partial charge in [-0.25, -0.2) is 4.79 Å². The zero-order chi connectivity index (χ0) is 26.1. The first-order valence-electron chi connectivity index (χ1n) is 11.6. The molecule has 3 N–H and O–H groups in total. The van der Waals surface area contributed by atoms with Crippen molar-refractivity contribution in [1.29, 1.82) is 0 Å². The van der Waals surface area contributed by atoms with E-state index in [-0.39, 0.29) is 56.7 Å². The Bertz CT molecular complexity index is 1040. The van der Waals surface area contributed by atoms with E-state index >= 15 is 0 Å². The summed E-state index contributed by atoms with van der Waals surface area (Å²) in [6.07, 6.45) is 2.83. The topological polar surface area (TPSA) is 144 Å². The summed E-state index contributed by atoms with van der Waals surface area (Å²) in [6, 6.07) is 6.73. The number of nitrogens with one attached hydrogen (secondary N) is 2. The Hall–Kier alpha value is -3.54. The van der Waals surface area contributed by atoms with E-state index in [0.717, 1.165) is 0 Å². The van der Waals surface area contributed by atoms with Gasteiger partial charge in [-0.3, -0.25) is 14.4 Å². The number of hydrogen-bond acceptors (Lipinski definition) is 8. The average Bonchev–Trinajstić information content (AvgIpc) is 3.35. The number of likely N-dealkylation sites (N-methyl/N-ethyl adjacent to an activating group) is 1. The number of esters is 1. The number of aliphatic hydroxyl groups is 1. The largest absolute Gasteiger partial charge is 0.456 e. The second-order valence-electron chi connectivity index (χ2n) is 8.45. The van der Waals surface area contributed by atoms with Crippen LogP contribution in [0.5, 0.6) is 0 Å². The molecule has 36 heavy (non-hydrogen) atoms. The van der Waals surface area contributed by atoms with Crippen molar-refractivity contribution in [2.24, 2.45) is 0 Å². The van der Waals surface area contributed by atoms with E-state index in [1.807, 2.05) is 0 Å². The fourth-order valence-corrected chi connectivity index (χ4v) is 3.75. The fourth-order valence-electron chi connectivity index (χ4n) is 3.75. The van der Waals surface area contributed by atoms with E-state index in [0.29, 0.717) is 11.1 Å². The smallest absolute Gasteiger partial charge is 0.339 e. The molecule has 0 unspecified atom stereocenters. The van der Waals surface area contributed by atoms with Gasteiger partial charge >= 0.3 is 5.97 Å². The van der Waals surface area contributed by atoms with Crippen molar-refractivity contribution in [2.45, 2.75) is 31.2 Å². The minimum absolute atomic E-state index is 0.00574. The lowest BCUT2D eigenvalue weighted by Crippen LogP contribution is -2.43. The summed E-state index contributed by atoms with van der Waals surface area (Å²) in [5, 5.41) is 13.9. The predicted octanol–water partition coefficient (Wildman–Crippen LogP) is -0.000200. The number of rotatable bonds is 10. The molecule has 1 heterocycles. The number of amides is 3. The highest BCUT2D eigenvalue weighted by Gasteiger charge is 2.42. The van der Waals surface area contributed by atoms with E-state index in [1.54, 1.807) is 50.5 Å². The molecule has 3 amide bonds.